The zero-order valence-electron chi connectivity index (χ0n) is 16.0. The van der Waals surface area contributed by atoms with E-state index in [9.17, 15) is 9.59 Å². The zero-order chi connectivity index (χ0) is 19.3. The first-order valence-electron chi connectivity index (χ1n) is 10.0. The molecule has 3 aliphatic rings. The van der Waals surface area contributed by atoms with E-state index in [0.29, 0.717) is 23.3 Å². The molecule has 148 valence electrons. The highest BCUT2D eigenvalue weighted by atomic mass is 32.1. The van der Waals surface area contributed by atoms with Crippen LogP contribution in [-0.2, 0) is 0 Å². The van der Waals surface area contributed by atoms with Crippen molar-refractivity contribution in [2.24, 2.45) is 0 Å². The number of aromatic nitrogens is 1. The molecule has 0 spiro atoms. The van der Waals surface area contributed by atoms with Crippen LogP contribution < -0.4 is 10.6 Å². The van der Waals surface area contributed by atoms with E-state index in [1.807, 2.05) is 10.3 Å². The van der Waals surface area contributed by atoms with Crippen molar-refractivity contribution >= 4 is 33.2 Å². The summed E-state index contributed by atoms with van der Waals surface area (Å²) < 4.78 is 0.940. The topological polar surface area (TPSA) is 77.6 Å². The van der Waals surface area contributed by atoms with Crippen molar-refractivity contribution in [1.82, 2.24) is 25.4 Å². The molecule has 2 aromatic rings. The molecular formula is C20H25N5O2S. The van der Waals surface area contributed by atoms with Crippen molar-refractivity contribution < 1.29 is 9.59 Å². The van der Waals surface area contributed by atoms with Crippen LogP contribution in [0, 0.1) is 0 Å². The average Bonchev–Trinajstić information content (AvgIpc) is 3.43. The molecule has 0 unspecified atom stereocenters. The van der Waals surface area contributed by atoms with Crippen LogP contribution in [0.15, 0.2) is 17.6 Å². The molecule has 3 fully saturated rings. The van der Waals surface area contributed by atoms with Gasteiger partial charge in [0, 0.05) is 61.3 Å². The number of thiophene rings is 1. The molecule has 28 heavy (non-hydrogen) atoms. The van der Waals surface area contributed by atoms with E-state index >= 15 is 0 Å². The van der Waals surface area contributed by atoms with E-state index in [0.717, 1.165) is 49.1 Å². The maximum Gasteiger partial charge on any atom is 0.270 e. The summed E-state index contributed by atoms with van der Waals surface area (Å²) in [7, 11) is 2.07. The molecule has 2 amide bonds. The van der Waals surface area contributed by atoms with Crippen LogP contribution in [0.4, 0.5) is 0 Å². The second-order valence-electron chi connectivity index (χ2n) is 8.17. The lowest BCUT2D eigenvalue weighted by Gasteiger charge is -2.32. The van der Waals surface area contributed by atoms with Gasteiger partial charge in [-0.1, -0.05) is 0 Å². The molecule has 8 heteroatoms. The number of nitrogens with zero attached hydrogens (tertiary/aromatic N) is 3. The molecule has 2 bridgehead atoms. The Morgan fingerprint density at radius 3 is 2.79 bits per heavy atom. The SMILES string of the molecule is CN1CCN(C(=O)c2csc3cnc(C(=O)N[C@@H]4C[C@H]5CC[C@@H]4N5)cc23)CC1. The smallest absolute Gasteiger partial charge is 0.270 e. The van der Waals surface area contributed by atoms with E-state index < -0.39 is 0 Å². The molecule has 3 atom stereocenters. The zero-order valence-corrected chi connectivity index (χ0v) is 16.8. The summed E-state index contributed by atoms with van der Waals surface area (Å²) in [6.07, 6.45) is 5.03. The fourth-order valence-corrected chi connectivity index (χ4v) is 5.51. The predicted molar refractivity (Wildman–Crippen MR) is 109 cm³/mol. The molecule has 0 radical (unpaired) electrons. The monoisotopic (exact) mass is 399 g/mol. The van der Waals surface area contributed by atoms with Gasteiger partial charge in [0.05, 0.1) is 10.3 Å². The van der Waals surface area contributed by atoms with Crippen LogP contribution in [0.25, 0.3) is 10.1 Å². The fourth-order valence-electron chi connectivity index (χ4n) is 4.63. The molecule has 7 nitrogen and oxygen atoms in total. The van der Waals surface area contributed by atoms with E-state index in [2.05, 4.69) is 27.6 Å². The number of pyridine rings is 1. The lowest BCUT2D eigenvalue weighted by molar-refractivity contribution is 0.0666. The van der Waals surface area contributed by atoms with Crippen LogP contribution >= 0.6 is 11.3 Å². The Bertz CT molecular complexity index is 920. The van der Waals surface area contributed by atoms with Gasteiger partial charge in [0.15, 0.2) is 0 Å². The van der Waals surface area contributed by atoms with Crippen molar-refractivity contribution in [2.75, 3.05) is 33.2 Å². The molecule has 0 aliphatic carbocycles. The van der Waals surface area contributed by atoms with Crippen molar-refractivity contribution in [2.45, 2.75) is 37.4 Å². The van der Waals surface area contributed by atoms with Crippen molar-refractivity contribution in [1.29, 1.82) is 0 Å². The van der Waals surface area contributed by atoms with Gasteiger partial charge in [-0.25, -0.2) is 4.98 Å². The number of carbonyl (C=O) groups is 2. The lowest BCUT2D eigenvalue weighted by Crippen LogP contribution is -2.47. The van der Waals surface area contributed by atoms with Gasteiger partial charge in [0.1, 0.15) is 5.69 Å². The van der Waals surface area contributed by atoms with E-state index in [1.54, 1.807) is 12.3 Å². The molecule has 3 aliphatic heterocycles. The van der Waals surface area contributed by atoms with Crippen LogP contribution in [0.5, 0.6) is 0 Å². The third-order valence-corrected chi connectivity index (χ3v) is 7.26. The number of rotatable bonds is 3. The van der Waals surface area contributed by atoms with Crippen molar-refractivity contribution in [3.63, 3.8) is 0 Å². The highest BCUT2D eigenvalue weighted by Crippen LogP contribution is 2.29. The Hall–Kier alpha value is -2.03. The van der Waals surface area contributed by atoms with Crippen LogP contribution in [-0.4, -0.2) is 78.0 Å². The minimum atomic E-state index is -0.148. The van der Waals surface area contributed by atoms with Crippen molar-refractivity contribution in [3.8, 4) is 0 Å². The van der Waals surface area contributed by atoms with Gasteiger partial charge in [0.25, 0.3) is 11.8 Å². The lowest BCUT2D eigenvalue weighted by atomic mass is 9.95. The van der Waals surface area contributed by atoms with Crippen LogP contribution in [0.2, 0.25) is 0 Å². The standard InChI is InChI=1S/C20H25N5O2S/c1-24-4-6-25(7-5-24)20(27)14-11-28-18-10-21-17(9-13(14)18)19(26)23-16-8-12-2-3-15(16)22-12/h9-12,15-16,22H,2-8H2,1H3,(H,23,26)/t12-,15+,16-/m1/s1. The molecule has 0 aromatic carbocycles. The predicted octanol–water partition coefficient (Wildman–Crippen LogP) is 1.31. The Kier molecular flexibility index (Phi) is 4.57. The molecule has 0 saturated carbocycles. The summed E-state index contributed by atoms with van der Waals surface area (Å²) in [4.78, 5) is 34.3. The second kappa shape index (κ2) is 7.09. The number of piperazine rings is 1. The van der Waals surface area contributed by atoms with E-state index in [-0.39, 0.29) is 17.9 Å². The Morgan fingerprint density at radius 1 is 1.25 bits per heavy atom. The average molecular weight is 400 g/mol. The summed E-state index contributed by atoms with van der Waals surface area (Å²) in [6.45, 7) is 3.26. The largest absolute Gasteiger partial charge is 0.346 e. The minimum Gasteiger partial charge on any atom is -0.346 e. The van der Waals surface area contributed by atoms with Gasteiger partial charge in [-0.3, -0.25) is 9.59 Å². The Morgan fingerprint density at radius 2 is 2.07 bits per heavy atom. The first-order valence-corrected chi connectivity index (χ1v) is 10.9. The highest BCUT2D eigenvalue weighted by molar-refractivity contribution is 7.17. The number of nitrogens with one attached hydrogen (secondary N) is 2. The van der Waals surface area contributed by atoms with E-state index in [4.69, 9.17) is 0 Å². The molecular weight excluding hydrogens is 374 g/mol. The number of fused-ring (bicyclic) bond motifs is 3. The Labute approximate surface area is 168 Å². The Balaban J connectivity index is 1.36. The number of hydrogen-bond acceptors (Lipinski definition) is 6. The summed E-state index contributed by atoms with van der Waals surface area (Å²) in [6, 6.07) is 2.88. The van der Waals surface area contributed by atoms with Gasteiger partial charge in [0.2, 0.25) is 0 Å². The molecule has 2 N–H and O–H groups in total. The van der Waals surface area contributed by atoms with Gasteiger partial charge >= 0.3 is 0 Å². The molecule has 2 aromatic heterocycles. The van der Waals surface area contributed by atoms with Gasteiger partial charge in [-0.15, -0.1) is 11.3 Å². The molecule has 5 rings (SSSR count). The number of hydrogen-bond donors (Lipinski definition) is 2. The van der Waals surface area contributed by atoms with Crippen molar-refractivity contribution in [3.05, 3.63) is 28.9 Å². The first kappa shape index (κ1) is 18.0. The fraction of sp³-hybridized carbons (Fsp3) is 0.550. The second-order valence-corrected chi connectivity index (χ2v) is 9.08. The summed E-state index contributed by atoms with van der Waals surface area (Å²) in [5.41, 5.74) is 1.07. The maximum atomic E-state index is 13.0. The first-order chi connectivity index (χ1) is 13.6. The van der Waals surface area contributed by atoms with Crippen LogP contribution in [0.3, 0.4) is 0 Å². The molecule has 3 saturated heterocycles. The summed E-state index contributed by atoms with van der Waals surface area (Å²) >= 11 is 1.51. The number of carbonyl (C=O) groups excluding carboxylic acids is 2. The minimum absolute atomic E-state index is 0.0502. The third kappa shape index (κ3) is 3.19. The summed E-state index contributed by atoms with van der Waals surface area (Å²) in [5, 5.41) is 9.41. The normalized spacial score (nSPS) is 27.5. The van der Waals surface area contributed by atoms with Gasteiger partial charge in [-0.05, 0) is 32.4 Å². The summed E-state index contributed by atoms with van der Waals surface area (Å²) in [5.74, 6) is -0.0975. The van der Waals surface area contributed by atoms with Crippen LogP contribution in [0.1, 0.15) is 40.1 Å². The molecule has 5 heterocycles. The number of likely N-dealkylation sites (N-methyl/N-ethyl adjacent to an activating group) is 1. The van der Waals surface area contributed by atoms with Gasteiger partial charge < -0.3 is 20.4 Å². The third-order valence-electron chi connectivity index (χ3n) is 6.33. The maximum absolute atomic E-state index is 13.0. The quantitative estimate of drug-likeness (QED) is 0.814. The van der Waals surface area contributed by atoms with E-state index in [1.165, 1.54) is 17.8 Å². The van der Waals surface area contributed by atoms with Gasteiger partial charge in [-0.2, -0.15) is 0 Å². The number of amides is 2. The highest BCUT2D eigenvalue weighted by Gasteiger charge is 2.39.